The molecule has 0 radical (unpaired) electrons. The van der Waals surface area contributed by atoms with Crippen molar-refractivity contribution in [1.29, 1.82) is 0 Å². The van der Waals surface area contributed by atoms with E-state index in [1.807, 2.05) is 66.0 Å². The van der Waals surface area contributed by atoms with Gasteiger partial charge in [-0.2, -0.15) is 0 Å². The zero-order chi connectivity index (χ0) is 26.0. The van der Waals surface area contributed by atoms with Gasteiger partial charge in [-0.1, -0.05) is 60.1 Å². The summed E-state index contributed by atoms with van der Waals surface area (Å²) in [6.45, 7) is 2.59. The normalized spacial score (nSPS) is 10.9. The molecule has 0 bridgehead atoms. The second-order valence-corrected chi connectivity index (χ2v) is 9.95. The number of carbonyl (C=O) groups is 1. The number of benzene rings is 3. The van der Waals surface area contributed by atoms with Crippen molar-refractivity contribution in [2.24, 2.45) is 0 Å². The van der Waals surface area contributed by atoms with Gasteiger partial charge < -0.3 is 14.8 Å². The molecule has 4 rings (SSSR count). The number of nitrogens with one attached hydrogen (secondary N) is 1. The van der Waals surface area contributed by atoms with Crippen LogP contribution in [0.15, 0.2) is 78.2 Å². The Morgan fingerprint density at radius 2 is 1.70 bits per heavy atom. The Hall–Kier alpha value is -3.39. The van der Waals surface area contributed by atoms with Gasteiger partial charge in [-0.3, -0.25) is 9.69 Å². The minimum atomic E-state index is -0.168. The average molecular weight is 536 g/mol. The molecule has 37 heavy (non-hydrogen) atoms. The van der Waals surface area contributed by atoms with Gasteiger partial charge in [0.2, 0.25) is 0 Å². The molecule has 3 aromatic carbocycles. The number of nitrogens with zero attached hydrogens (tertiary/aromatic N) is 2. The van der Waals surface area contributed by atoms with Crippen LogP contribution < -0.4 is 14.8 Å². The zero-order valence-electron chi connectivity index (χ0n) is 20.9. The van der Waals surface area contributed by atoms with Crippen LogP contribution in [0, 0.1) is 0 Å². The molecular formula is C29H30ClN3O3S. The fourth-order valence-electron chi connectivity index (χ4n) is 3.98. The molecule has 6 nitrogen and oxygen atoms in total. The van der Waals surface area contributed by atoms with E-state index in [-0.39, 0.29) is 5.91 Å². The van der Waals surface area contributed by atoms with Gasteiger partial charge in [0.1, 0.15) is 10.7 Å². The number of thiazole rings is 1. The van der Waals surface area contributed by atoms with Gasteiger partial charge in [0, 0.05) is 30.0 Å². The monoisotopic (exact) mass is 535 g/mol. The van der Waals surface area contributed by atoms with Crippen molar-refractivity contribution in [3.05, 3.63) is 111 Å². The van der Waals surface area contributed by atoms with Crippen LogP contribution in [-0.4, -0.2) is 36.6 Å². The van der Waals surface area contributed by atoms with E-state index < -0.39 is 0 Å². The number of ether oxygens (including phenoxy) is 2. The molecule has 0 unspecified atom stereocenters. The van der Waals surface area contributed by atoms with Crippen LogP contribution in [0.4, 0.5) is 0 Å². The van der Waals surface area contributed by atoms with Crippen LogP contribution in [0.2, 0.25) is 5.02 Å². The summed E-state index contributed by atoms with van der Waals surface area (Å²) in [7, 11) is 3.28. The van der Waals surface area contributed by atoms with Crippen molar-refractivity contribution >= 4 is 28.8 Å². The third-order valence-corrected chi connectivity index (χ3v) is 6.97. The Labute approximate surface area is 226 Å². The van der Waals surface area contributed by atoms with Gasteiger partial charge in [0.25, 0.3) is 5.91 Å². The fourth-order valence-corrected chi connectivity index (χ4v) is 5.01. The molecule has 1 heterocycles. The third-order valence-electron chi connectivity index (χ3n) is 5.90. The van der Waals surface area contributed by atoms with Crippen molar-refractivity contribution in [2.45, 2.75) is 26.1 Å². The van der Waals surface area contributed by atoms with Crippen LogP contribution >= 0.6 is 22.9 Å². The van der Waals surface area contributed by atoms with E-state index in [4.69, 9.17) is 21.1 Å². The Balaban J connectivity index is 1.43. The summed E-state index contributed by atoms with van der Waals surface area (Å²) >= 11 is 7.73. The van der Waals surface area contributed by atoms with Gasteiger partial charge in [-0.05, 0) is 47.4 Å². The van der Waals surface area contributed by atoms with Crippen molar-refractivity contribution in [2.75, 3.05) is 20.8 Å². The number of halogens is 1. The van der Waals surface area contributed by atoms with Crippen molar-refractivity contribution < 1.29 is 14.3 Å². The fraction of sp³-hybridized carbons (Fsp3) is 0.241. The summed E-state index contributed by atoms with van der Waals surface area (Å²) in [5.74, 6) is 1.26. The quantitative estimate of drug-likeness (QED) is 0.241. The molecule has 0 aliphatic heterocycles. The van der Waals surface area contributed by atoms with Crippen LogP contribution in [0.5, 0.6) is 11.5 Å². The molecule has 1 N–H and O–H groups in total. The molecule has 0 fully saturated rings. The molecule has 8 heteroatoms. The van der Waals surface area contributed by atoms with Gasteiger partial charge in [0.15, 0.2) is 11.5 Å². The smallest absolute Gasteiger partial charge is 0.271 e. The first-order valence-corrected chi connectivity index (χ1v) is 13.2. The maximum absolute atomic E-state index is 12.7. The lowest BCUT2D eigenvalue weighted by atomic mass is 10.1. The van der Waals surface area contributed by atoms with E-state index in [0.29, 0.717) is 41.8 Å². The summed E-state index contributed by atoms with van der Waals surface area (Å²) in [5.41, 5.74) is 3.76. The molecular weight excluding hydrogens is 506 g/mol. The predicted molar refractivity (Wildman–Crippen MR) is 149 cm³/mol. The number of aromatic nitrogens is 1. The van der Waals surface area contributed by atoms with E-state index in [1.54, 1.807) is 14.2 Å². The van der Waals surface area contributed by atoms with E-state index >= 15 is 0 Å². The predicted octanol–water partition coefficient (Wildman–Crippen LogP) is 5.99. The Morgan fingerprint density at radius 3 is 2.46 bits per heavy atom. The summed E-state index contributed by atoms with van der Waals surface area (Å²) in [4.78, 5) is 19.6. The summed E-state index contributed by atoms with van der Waals surface area (Å²) in [6.07, 6.45) is 0.816. The van der Waals surface area contributed by atoms with E-state index in [9.17, 15) is 4.79 Å². The first kappa shape index (κ1) is 26.7. The van der Waals surface area contributed by atoms with Crippen LogP contribution in [-0.2, 0) is 26.1 Å². The molecule has 0 atom stereocenters. The molecule has 0 aliphatic carbocycles. The first-order chi connectivity index (χ1) is 18.0. The number of methoxy groups -OCH3 is 2. The highest BCUT2D eigenvalue weighted by Crippen LogP contribution is 2.28. The minimum Gasteiger partial charge on any atom is -0.493 e. The molecule has 1 amide bonds. The second kappa shape index (κ2) is 13.2. The lowest BCUT2D eigenvalue weighted by molar-refractivity contribution is 0.0946. The number of carbonyl (C=O) groups excluding carboxylic acids is 1. The van der Waals surface area contributed by atoms with Crippen LogP contribution in [0.25, 0.3) is 0 Å². The molecule has 0 saturated heterocycles. The summed E-state index contributed by atoms with van der Waals surface area (Å²) < 4.78 is 10.8. The maximum atomic E-state index is 12.7. The lowest BCUT2D eigenvalue weighted by Crippen LogP contribution is -2.26. The topological polar surface area (TPSA) is 63.7 Å². The van der Waals surface area contributed by atoms with Gasteiger partial charge >= 0.3 is 0 Å². The summed E-state index contributed by atoms with van der Waals surface area (Å²) in [5, 5.41) is 6.37. The third kappa shape index (κ3) is 7.79. The molecule has 192 valence electrons. The largest absolute Gasteiger partial charge is 0.493 e. The highest BCUT2D eigenvalue weighted by Gasteiger charge is 2.15. The van der Waals surface area contributed by atoms with Crippen molar-refractivity contribution in [3.8, 4) is 11.5 Å². The number of rotatable bonds is 12. The Bertz CT molecular complexity index is 1310. The molecule has 0 spiro atoms. The average Bonchev–Trinajstić information content (AvgIpc) is 3.39. The van der Waals surface area contributed by atoms with Crippen molar-refractivity contribution in [1.82, 2.24) is 15.2 Å². The lowest BCUT2D eigenvalue weighted by Gasteiger charge is -2.22. The van der Waals surface area contributed by atoms with Gasteiger partial charge in [0.05, 0.1) is 20.8 Å². The summed E-state index contributed by atoms with van der Waals surface area (Å²) in [6, 6.07) is 23.7. The standard InChI is InChI=1S/C29H30ClN3O3S/c1-35-26-12-11-21(16-27(26)36-2)13-14-33(18-23-9-6-10-24(30)15-23)19-28-32-25(20-37-28)29(34)31-17-22-7-4-3-5-8-22/h3-12,15-16,20H,13-14,17-19H2,1-2H3,(H,31,34). The minimum absolute atomic E-state index is 0.168. The number of amides is 1. The maximum Gasteiger partial charge on any atom is 0.271 e. The number of hydrogen-bond donors (Lipinski definition) is 1. The molecule has 1 aromatic heterocycles. The van der Waals surface area contributed by atoms with Crippen LogP contribution in [0.1, 0.15) is 32.2 Å². The van der Waals surface area contributed by atoms with E-state index in [2.05, 4.69) is 27.3 Å². The highest BCUT2D eigenvalue weighted by atomic mass is 35.5. The second-order valence-electron chi connectivity index (χ2n) is 8.57. The number of hydrogen-bond acceptors (Lipinski definition) is 6. The van der Waals surface area contributed by atoms with Gasteiger partial charge in [-0.15, -0.1) is 11.3 Å². The Morgan fingerprint density at radius 1 is 0.919 bits per heavy atom. The molecule has 0 saturated carbocycles. The molecule has 4 aromatic rings. The molecule has 0 aliphatic rings. The van der Waals surface area contributed by atoms with Crippen LogP contribution in [0.3, 0.4) is 0 Å². The van der Waals surface area contributed by atoms with Gasteiger partial charge in [-0.25, -0.2) is 4.98 Å². The SMILES string of the molecule is COc1ccc(CCN(Cc2cccc(Cl)c2)Cc2nc(C(=O)NCc3ccccc3)cs2)cc1OC. The van der Waals surface area contributed by atoms with E-state index in [0.717, 1.165) is 34.7 Å². The van der Waals surface area contributed by atoms with Crippen molar-refractivity contribution in [3.63, 3.8) is 0 Å². The van der Waals surface area contributed by atoms with E-state index in [1.165, 1.54) is 11.3 Å². The highest BCUT2D eigenvalue weighted by molar-refractivity contribution is 7.09. The zero-order valence-corrected chi connectivity index (χ0v) is 22.5. The Kier molecular flexibility index (Phi) is 9.54. The first-order valence-electron chi connectivity index (χ1n) is 12.0.